The van der Waals surface area contributed by atoms with E-state index in [1.807, 2.05) is 9.80 Å². The van der Waals surface area contributed by atoms with Crippen molar-refractivity contribution in [2.75, 3.05) is 72.0 Å². The molecule has 4 aliphatic heterocycles. The zero-order valence-electron chi connectivity index (χ0n) is 24.8. The molecule has 5 heterocycles. The van der Waals surface area contributed by atoms with Crippen molar-refractivity contribution >= 4 is 11.8 Å². The maximum Gasteiger partial charge on any atom is 0.274 e. The summed E-state index contributed by atoms with van der Waals surface area (Å²) in [5, 5.41) is 4.46. The van der Waals surface area contributed by atoms with Gasteiger partial charge in [0.25, 0.3) is 11.8 Å². The monoisotopic (exact) mass is 527 g/mol. The molecule has 0 N–H and O–H groups in total. The van der Waals surface area contributed by atoms with E-state index in [4.69, 9.17) is 0 Å². The van der Waals surface area contributed by atoms with E-state index in [1.54, 1.807) is 17.8 Å². The van der Waals surface area contributed by atoms with Crippen LogP contribution in [0, 0.1) is 11.3 Å². The van der Waals surface area contributed by atoms with Crippen molar-refractivity contribution in [3.05, 3.63) is 17.5 Å². The minimum absolute atomic E-state index is 0.0317. The van der Waals surface area contributed by atoms with E-state index in [2.05, 4.69) is 61.3 Å². The number of carbonyl (C=O) groups is 2. The molecule has 1 aromatic rings. The van der Waals surface area contributed by atoms with Gasteiger partial charge in [0.05, 0.1) is 0 Å². The summed E-state index contributed by atoms with van der Waals surface area (Å²) < 4.78 is 1.58. The van der Waals surface area contributed by atoms with Gasteiger partial charge in [-0.2, -0.15) is 5.10 Å². The molecule has 212 valence electrons. The van der Waals surface area contributed by atoms with Gasteiger partial charge in [0.1, 0.15) is 5.69 Å². The van der Waals surface area contributed by atoms with Crippen molar-refractivity contribution < 1.29 is 9.59 Å². The lowest BCUT2D eigenvalue weighted by atomic mass is 9.70. The molecule has 38 heavy (non-hydrogen) atoms. The first-order valence-electron chi connectivity index (χ1n) is 14.6. The summed E-state index contributed by atoms with van der Waals surface area (Å²) in [6.45, 7) is 24.3. The summed E-state index contributed by atoms with van der Waals surface area (Å²) in [5.41, 5.74) is 1.82. The van der Waals surface area contributed by atoms with Gasteiger partial charge in [-0.15, -0.1) is 0 Å². The molecule has 4 saturated heterocycles. The molecule has 0 aliphatic carbocycles. The molecule has 5 rings (SSSR count). The van der Waals surface area contributed by atoms with Crippen molar-refractivity contribution in [1.29, 1.82) is 0 Å². The van der Waals surface area contributed by atoms with Crippen LogP contribution in [0.2, 0.25) is 0 Å². The molecule has 1 aromatic heterocycles. The lowest BCUT2D eigenvalue weighted by molar-refractivity contribution is -0.148. The third-order valence-electron chi connectivity index (χ3n) is 9.37. The number of rotatable bonds is 4. The summed E-state index contributed by atoms with van der Waals surface area (Å²) in [4.78, 5) is 37.9. The molecule has 0 aromatic carbocycles. The highest BCUT2D eigenvalue weighted by atomic mass is 16.2. The summed E-state index contributed by atoms with van der Waals surface area (Å²) in [6, 6.07) is 1.70. The van der Waals surface area contributed by atoms with Crippen molar-refractivity contribution in [3.8, 4) is 0 Å². The third kappa shape index (κ3) is 5.52. The number of aryl methyl sites for hydroxylation is 1. The molecule has 2 amide bonds. The van der Waals surface area contributed by atoms with E-state index in [1.165, 1.54) is 26.2 Å². The Hall–Kier alpha value is -1.97. The second-order valence-electron chi connectivity index (χ2n) is 14.4. The standard InChI is InChI=1S/C29H49N7O2/c1-27(2,3)35-14-12-34(13-15-35)26(38)24-16-23(30-31(24)7)25(37)33-10-8-22(9-11-33)17-32-18-29(19-32)20-36(21-29)28(4,5)6/h16,22H,8-15,17-21H2,1-7H3. The normalized spacial score (nSPS) is 24.0. The summed E-state index contributed by atoms with van der Waals surface area (Å²) in [7, 11) is 1.77. The fourth-order valence-corrected chi connectivity index (χ4v) is 6.83. The van der Waals surface area contributed by atoms with Crippen LogP contribution in [-0.4, -0.2) is 129 Å². The van der Waals surface area contributed by atoms with E-state index in [0.717, 1.165) is 45.6 Å². The molecular weight excluding hydrogens is 478 g/mol. The van der Waals surface area contributed by atoms with Crippen LogP contribution < -0.4 is 0 Å². The van der Waals surface area contributed by atoms with Gasteiger partial charge >= 0.3 is 0 Å². The first-order valence-corrected chi connectivity index (χ1v) is 14.6. The Balaban J connectivity index is 1.07. The highest BCUT2D eigenvalue weighted by Crippen LogP contribution is 2.43. The zero-order valence-corrected chi connectivity index (χ0v) is 24.8. The Morgan fingerprint density at radius 2 is 1.37 bits per heavy atom. The van der Waals surface area contributed by atoms with Crippen LogP contribution >= 0.6 is 0 Å². The van der Waals surface area contributed by atoms with E-state index in [-0.39, 0.29) is 22.9 Å². The average Bonchev–Trinajstić information content (AvgIpc) is 3.19. The van der Waals surface area contributed by atoms with Gasteiger partial charge in [-0.3, -0.25) is 24.1 Å². The molecule has 4 fully saturated rings. The number of piperazine rings is 1. The van der Waals surface area contributed by atoms with Gasteiger partial charge in [-0.05, 0) is 60.3 Å². The van der Waals surface area contributed by atoms with Crippen LogP contribution in [0.25, 0.3) is 0 Å². The second-order valence-corrected chi connectivity index (χ2v) is 14.4. The van der Waals surface area contributed by atoms with Crippen molar-refractivity contribution in [2.24, 2.45) is 18.4 Å². The van der Waals surface area contributed by atoms with Crippen molar-refractivity contribution in [1.82, 2.24) is 34.3 Å². The van der Waals surface area contributed by atoms with Gasteiger partial charge in [0.2, 0.25) is 0 Å². The molecule has 0 radical (unpaired) electrons. The Kier molecular flexibility index (Phi) is 7.18. The van der Waals surface area contributed by atoms with E-state index < -0.39 is 0 Å². The van der Waals surface area contributed by atoms with Gasteiger partial charge in [0, 0.05) is 102 Å². The molecule has 0 saturated carbocycles. The SMILES string of the molecule is Cn1nc(C(=O)N2CCC(CN3CC4(C3)CN(C(C)(C)C)C4)CC2)cc1C(=O)N1CCN(C(C)(C)C)CC1. The van der Waals surface area contributed by atoms with Gasteiger partial charge < -0.3 is 14.7 Å². The van der Waals surface area contributed by atoms with E-state index in [9.17, 15) is 9.59 Å². The van der Waals surface area contributed by atoms with Gasteiger partial charge in [-0.1, -0.05) is 0 Å². The largest absolute Gasteiger partial charge is 0.337 e. The molecule has 0 bridgehead atoms. The Bertz CT molecular complexity index is 1020. The molecule has 0 unspecified atom stereocenters. The number of aromatic nitrogens is 2. The lowest BCUT2D eigenvalue weighted by Crippen LogP contribution is -2.75. The quantitative estimate of drug-likeness (QED) is 0.598. The fourth-order valence-electron chi connectivity index (χ4n) is 6.83. The maximum absolute atomic E-state index is 13.3. The molecule has 9 nitrogen and oxygen atoms in total. The van der Waals surface area contributed by atoms with Crippen LogP contribution in [0.1, 0.15) is 75.4 Å². The highest BCUT2D eigenvalue weighted by Gasteiger charge is 2.53. The molecular formula is C29H49N7O2. The topological polar surface area (TPSA) is 68.2 Å². The Morgan fingerprint density at radius 1 is 0.816 bits per heavy atom. The summed E-state index contributed by atoms with van der Waals surface area (Å²) in [5.74, 6) is 0.578. The van der Waals surface area contributed by atoms with Crippen LogP contribution in [-0.2, 0) is 7.05 Å². The van der Waals surface area contributed by atoms with Crippen LogP contribution in [0.4, 0.5) is 0 Å². The van der Waals surface area contributed by atoms with E-state index >= 15 is 0 Å². The summed E-state index contributed by atoms with van der Waals surface area (Å²) in [6.07, 6.45) is 2.08. The first-order chi connectivity index (χ1) is 17.7. The lowest BCUT2D eigenvalue weighted by Gasteiger charge is -2.64. The van der Waals surface area contributed by atoms with Crippen LogP contribution in [0.3, 0.4) is 0 Å². The second kappa shape index (κ2) is 9.89. The van der Waals surface area contributed by atoms with Crippen LogP contribution in [0.15, 0.2) is 6.07 Å². The smallest absolute Gasteiger partial charge is 0.274 e. The first kappa shape index (κ1) is 27.6. The van der Waals surface area contributed by atoms with Gasteiger partial charge in [0.15, 0.2) is 5.69 Å². The maximum atomic E-state index is 13.3. The molecule has 0 atom stereocenters. The predicted octanol–water partition coefficient (Wildman–Crippen LogP) is 2.24. The number of likely N-dealkylation sites (tertiary alicyclic amines) is 3. The minimum atomic E-state index is -0.0460. The molecule has 4 aliphatic rings. The highest BCUT2D eigenvalue weighted by molar-refractivity contribution is 5.98. The number of piperidine rings is 1. The number of hydrogen-bond acceptors (Lipinski definition) is 6. The third-order valence-corrected chi connectivity index (χ3v) is 9.37. The fraction of sp³-hybridized carbons (Fsp3) is 0.828. The minimum Gasteiger partial charge on any atom is -0.337 e. The number of nitrogens with zero attached hydrogens (tertiary/aromatic N) is 7. The van der Waals surface area contributed by atoms with Gasteiger partial charge in [-0.25, -0.2) is 0 Å². The van der Waals surface area contributed by atoms with Crippen LogP contribution in [0.5, 0.6) is 0 Å². The molecule has 9 heteroatoms. The summed E-state index contributed by atoms with van der Waals surface area (Å²) >= 11 is 0. The average molecular weight is 528 g/mol. The number of hydrogen-bond donors (Lipinski definition) is 0. The molecule has 1 spiro atoms. The predicted molar refractivity (Wildman–Crippen MR) is 149 cm³/mol. The Morgan fingerprint density at radius 3 is 1.92 bits per heavy atom. The number of amides is 2. The zero-order chi connectivity index (χ0) is 27.5. The Labute approximate surface area is 229 Å². The van der Waals surface area contributed by atoms with E-state index in [0.29, 0.717) is 35.8 Å². The van der Waals surface area contributed by atoms with Crippen molar-refractivity contribution in [2.45, 2.75) is 65.5 Å². The van der Waals surface area contributed by atoms with Crippen molar-refractivity contribution in [3.63, 3.8) is 0 Å². The number of carbonyl (C=O) groups excluding carboxylic acids is 2.